The molecule has 3 rings (SSSR count). The van der Waals surface area contributed by atoms with Gasteiger partial charge in [-0.1, -0.05) is 6.92 Å². The molecule has 168 valence electrons. The van der Waals surface area contributed by atoms with Crippen LogP contribution in [-0.2, 0) is 6.42 Å². The van der Waals surface area contributed by atoms with Gasteiger partial charge in [-0.3, -0.25) is 4.79 Å². The van der Waals surface area contributed by atoms with Gasteiger partial charge in [0.15, 0.2) is 0 Å². The average Bonchev–Trinajstić information content (AvgIpc) is 2.81. The fraction of sp³-hybridized carbons (Fsp3) is 0.542. The van der Waals surface area contributed by atoms with Crippen LogP contribution >= 0.6 is 0 Å². The molecule has 1 saturated heterocycles. The van der Waals surface area contributed by atoms with Crippen molar-refractivity contribution in [2.24, 2.45) is 5.92 Å². The van der Waals surface area contributed by atoms with Crippen LogP contribution in [0.3, 0.4) is 0 Å². The lowest BCUT2D eigenvalue weighted by Crippen LogP contribution is -2.35. The van der Waals surface area contributed by atoms with E-state index in [0.717, 1.165) is 62.5 Å². The third-order valence-corrected chi connectivity index (χ3v) is 5.86. The maximum atomic E-state index is 12.0. The molecule has 0 radical (unpaired) electrons. The second kappa shape index (κ2) is 11.6. The molecule has 1 aromatic carbocycles. The second-order valence-corrected chi connectivity index (χ2v) is 8.12. The lowest BCUT2D eigenvalue weighted by Gasteiger charge is -2.32. The van der Waals surface area contributed by atoms with Gasteiger partial charge in [0.05, 0.1) is 13.2 Å². The van der Waals surface area contributed by atoms with Crippen LogP contribution in [0.15, 0.2) is 30.6 Å². The first-order valence-corrected chi connectivity index (χ1v) is 11.3. The van der Waals surface area contributed by atoms with Crippen molar-refractivity contribution in [2.45, 2.75) is 46.0 Å². The van der Waals surface area contributed by atoms with Crippen LogP contribution < -0.4 is 15.0 Å². The van der Waals surface area contributed by atoms with E-state index in [1.165, 1.54) is 5.56 Å². The fourth-order valence-electron chi connectivity index (χ4n) is 3.92. The predicted octanol–water partition coefficient (Wildman–Crippen LogP) is 3.15. The minimum atomic E-state index is -0.170. The van der Waals surface area contributed by atoms with Crippen molar-refractivity contribution in [3.05, 3.63) is 47.3 Å². The number of rotatable bonds is 10. The van der Waals surface area contributed by atoms with E-state index in [0.29, 0.717) is 18.1 Å². The molecule has 0 atom stereocenters. The molecule has 1 aliphatic heterocycles. The third-order valence-electron chi connectivity index (χ3n) is 5.86. The van der Waals surface area contributed by atoms with Crippen LogP contribution in [0.5, 0.6) is 5.75 Å². The van der Waals surface area contributed by atoms with E-state index in [-0.39, 0.29) is 19.1 Å². The number of nitrogens with zero attached hydrogens (tertiary/aromatic N) is 3. The summed E-state index contributed by atoms with van der Waals surface area (Å²) in [5.41, 5.74) is 2.66. The number of aromatic nitrogens is 2. The Bertz CT molecular complexity index is 833. The normalized spacial score (nSPS) is 14.5. The highest BCUT2D eigenvalue weighted by Gasteiger charge is 2.20. The SMILES string of the molecule is CCc1cnc(N2CCC(CCCOc3ccc(C(=O)NCCO)c(C)c3)CC2)nc1. The Balaban J connectivity index is 1.36. The largest absolute Gasteiger partial charge is 0.494 e. The van der Waals surface area contributed by atoms with Gasteiger partial charge in [0.2, 0.25) is 5.95 Å². The highest BCUT2D eigenvalue weighted by Crippen LogP contribution is 2.24. The summed E-state index contributed by atoms with van der Waals surface area (Å²) in [4.78, 5) is 23.3. The molecule has 0 saturated carbocycles. The molecule has 1 aliphatic rings. The lowest BCUT2D eigenvalue weighted by atomic mass is 9.92. The molecule has 2 N–H and O–H groups in total. The van der Waals surface area contributed by atoms with Gasteiger partial charge in [-0.2, -0.15) is 0 Å². The van der Waals surface area contributed by atoms with E-state index in [9.17, 15) is 4.79 Å². The first kappa shape index (κ1) is 23.0. The number of aryl methyl sites for hydroxylation is 2. The Hall–Kier alpha value is -2.67. The van der Waals surface area contributed by atoms with Crippen LogP contribution in [0.1, 0.15) is 54.1 Å². The second-order valence-electron chi connectivity index (χ2n) is 8.12. The number of ether oxygens (including phenoxy) is 1. The Morgan fingerprint density at radius 3 is 2.65 bits per heavy atom. The molecule has 1 fully saturated rings. The predicted molar refractivity (Wildman–Crippen MR) is 122 cm³/mol. The number of piperidine rings is 1. The van der Waals surface area contributed by atoms with Gasteiger partial charge in [0, 0.05) is 37.6 Å². The smallest absolute Gasteiger partial charge is 0.251 e. The number of amides is 1. The fourth-order valence-corrected chi connectivity index (χ4v) is 3.92. The quantitative estimate of drug-likeness (QED) is 0.568. The van der Waals surface area contributed by atoms with Gasteiger partial charge in [0.1, 0.15) is 5.75 Å². The van der Waals surface area contributed by atoms with Crippen molar-refractivity contribution in [3.8, 4) is 5.75 Å². The van der Waals surface area contributed by atoms with Crippen molar-refractivity contribution in [2.75, 3.05) is 37.7 Å². The Morgan fingerprint density at radius 1 is 1.26 bits per heavy atom. The van der Waals surface area contributed by atoms with E-state index in [1.807, 2.05) is 31.5 Å². The van der Waals surface area contributed by atoms with Gasteiger partial charge in [-0.05, 0) is 74.3 Å². The summed E-state index contributed by atoms with van der Waals surface area (Å²) >= 11 is 0. The van der Waals surface area contributed by atoms with Gasteiger partial charge in [-0.25, -0.2) is 9.97 Å². The van der Waals surface area contributed by atoms with E-state index in [1.54, 1.807) is 6.07 Å². The van der Waals surface area contributed by atoms with E-state index in [4.69, 9.17) is 9.84 Å². The van der Waals surface area contributed by atoms with Crippen molar-refractivity contribution in [1.82, 2.24) is 15.3 Å². The Labute approximate surface area is 184 Å². The molecule has 2 aromatic rings. The number of carbonyl (C=O) groups is 1. The van der Waals surface area contributed by atoms with Crippen LogP contribution in [0.2, 0.25) is 0 Å². The number of aliphatic hydroxyl groups is 1. The molecule has 0 bridgehead atoms. The number of carbonyl (C=O) groups excluding carboxylic acids is 1. The zero-order valence-corrected chi connectivity index (χ0v) is 18.6. The minimum Gasteiger partial charge on any atom is -0.494 e. The van der Waals surface area contributed by atoms with Crippen LogP contribution in [0.4, 0.5) is 5.95 Å². The van der Waals surface area contributed by atoms with Crippen LogP contribution in [-0.4, -0.2) is 53.8 Å². The Morgan fingerprint density at radius 2 is 2.00 bits per heavy atom. The molecular weight excluding hydrogens is 392 g/mol. The molecule has 1 aromatic heterocycles. The standard InChI is InChI=1S/C24H34N4O3/c1-3-19-16-26-24(27-17-19)28-11-8-20(9-12-28)5-4-14-31-21-6-7-22(18(2)15-21)23(30)25-10-13-29/h6-7,15-17,20,29H,3-5,8-14H2,1-2H3,(H,25,30). The number of nitrogens with one attached hydrogen (secondary N) is 1. The number of aliphatic hydroxyl groups excluding tert-OH is 1. The van der Waals surface area contributed by atoms with E-state index >= 15 is 0 Å². The molecule has 31 heavy (non-hydrogen) atoms. The van der Waals surface area contributed by atoms with Gasteiger partial charge in [-0.15, -0.1) is 0 Å². The zero-order valence-electron chi connectivity index (χ0n) is 18.6. The minimum absolute atomic E-state index is 0.0646. The summed E-state index contributed by atoms with van der Waals surface area (Å²) < 4.78 is 5.90. The van der Waals surface area contributed by atoms with Gasteiger partial charge < -0.3 is 20.1 Å². The van der Waals surface area contributed by atoms with Crippen molar-refractivity contribution < 1.29 is 14.6 Å². The van der Waals surface area contributed by atoms with Gasteiger partial charge >= 0.3 is 0 Å². The van der Waals surface area contributed by atoms with Crippen molar-refractivity contribution in [1.29, 1.82) is 0 Å². The summed E-state index contributed by atoms with van der Waals surface area (Å²) in [7, 11) is 0. The molecule has 7 nitrogen and oxygen atoms in total. The summed E-state index contributed by atoms with van der Waals surface area (Å²) in [6, 6.07) is 5.52. The first-order chi connectivity index (χ1) is 15.1. The van der Waals surface area contributed by atoms with Crippen molar-refractivity contribution >= 4 is 11.9 Å². The van der Waals surface area contributed by atoms with Gasteiger partial charge in [0.25, 0.3) is 5.91 Å². The number of hydrogen-bond acceptors (Lipinski definition) is 6. The first-order valence-electron chi connectivity index (χ1n) is 11.3. The van der Waals surface area contributed by atoms with Crippen LogP contribution in [0, 0.1) is 12.8 Å². The molecule has 0 spiro atoms. The number of benzene rings is 1. The van der Waals surface area contributed by atoms with E-state index in [2.05, 4.69) is 27.1 Å². The molecule has 7 heteroatoms. The maximum absolute atomic E-state index is 12.0. The lowest BCUT2D eigenvalue weighted by molar-refractivity contribution is 0.0944. The van der Waals surface area contributed by atoms with Crippen molar-refractivity contribution in [3.63, 3.8) is 0 Å². The topological polar surface area (TPSA) is 87.6 Å². The summed E-state index contributed by atoms with van der Waals surface area (Å²) in [6.07, 6.45) is 9.33. The Kier molecular flexibility index (Phi) is 8.64. The molecule has 2 heterocycles. The van der Waals surface area contributed by atoms with E-state index < -0.39 is 0 Å². The maximum Gasteiger partial charge on any atom is 0.251 e. The number of anilines is 1. The van der Waals surface area contributed by atoms with Crippen LogP contribution in [0.25, 0.3) is 0 Å². The molecular formula is C24H34N4O3. The summed E-state index contributed by atoms with van der Waals surface area (Å²) in [5.74, 6) is 2.19. The zero-order chi connectivity index (χ0) is 22.1. The molecule has 0 aliphatic carbocycles. The molecule has 1 amide bonds. The number of hydrogen-bond donors (Lipinski definition) is 2. The highest BCUT2D eigenvalue weighted by atomic mass is 16.5. The summed E-state index contributed by atoms with van der Waals surface area (Å²) in [5, 5.41) is 11.5. The molecule has 0 unspecified atom stereocenters. The highest BCUT2D eigenvalue weighted by molar-refractivity contribution is 5.95. The summed E-state index contributed by atoms with van der Waals surface area (Å²) in [6.45, 7) is 6.90. The third kappa shape index (κ3) is 6.66. The average molecular weight is 427 g/mol. The monoisotopic (exact) mass is 426 g/mol.